The molecule has 2 N–H and O–H groups in total. The molecule has 2 aromatic carbocycles. The number of sulfonamides is 1. The van der Waals surface area contributed by atoms with Gasteiger partial charge in [-0.2, -0.15) is 0 Å². The lowest BCUT2D eigenvalue weighted by molar-refractivity contribution is -0.116. The van der Waals surface area contributed by atoms with Gasteiger partial charge in [0.15, 0.2) is 0 Å². The highest BCUT2D eigenvalue weighted by Gasteiger charge is 2.28. The van der Waals surface area contributed by atoms with Crippen LogP contribution in [0.3, 0.4) is 0 Å². The minimum absolute atomic E-state index is 0.0289. The van der Waals surface area contributed by atoms with E-state index >= 15 is 0 Å². The van der Waals surface area contributed by atoms with Gasteiger partial charge >= 0.3 is 0 Å². The van der Waals surface area contributed by atoms with Gasteiger partial charge in [0.05, 0.1) is 4.90 Å². The van der Waals surface area contributed by atoms with Crippen molar-refractivity contribution in [1.29, 1.82) is 0 Å². The van der Waals surface area contributed by atoms with Crippen molar-refractivity contribution >= 4 is 21.6 Å². The average Bonchev–Trinajstić information content (AvgIpc) is 2.97. The first-order valence-electron chi connectivity index (χ1n) is 8.06. The Kier molecular flexibility index (Phi) is 3.66. The van der Waals surface area contributed by atoms with Crippen LogP contribution in [-0.4, -0.2) is 14.3 Å². The van der Waals surface area contributed by atoms with E-state index < -0.39 is 10.0 Å². The largest absolute Gasteiger partial charge is 0.326 e. The van der Waals surface area contributed by atoms with E-state index in [9.17, 15) is 13.2 Å². The second kappa shape index (κ2) is 5.72. The predicted octanol–water partition coefficient (Wildman–Crippen LogP) is 2.54. The van der Waals surface area contributed by atoms with Gasteiger partial charge in [0.2, 0.25) is 15.9 Å². The number of hydrogen-bond donors (Lipinski definition) is 2. The van der Waals surface area contributed by atoms with Crippen LogP contribution in [0.4, 0.5) is 5.69 Å². The lowest BCUT2D eigenvalue weighted by Gasteiger charge is -2.19. The lowest BCUT2D eigenvalue weighted by Crippen LogP contribution is -2.28. The Balaban J connectivity index is 1.61. The normalized spacial score (nSPS) is 19.5. The van der Waals surface area contributed by atoms with Crippen molar-refractivity contribution in [3.05, 3.63) is 59.2 Å². The van der Waals surface area contributed by atoms with Gasteiger partial charge in [-0.25, -0.2) is 13.1 Å². The van der Waals surface area contributed by atoms with Gasteiger partial charge in [-0.05, 0) is 54.2 Å². The third kappa shape index (κ3) is 2.72. The summed E-state index contributed by atoms with van der Waals surface area (Å²) in [5.74, 6) is -0.0289. The lowest BCUT2D eigenvalue weighted by atomic mass is 10.0. The molecule has 0 saturated carbocycles. The number of rotatable bonds is 3. The van der Waals surface area contributed by atoms with Crippen molar-refractivity contribution in [2.24, 2.45) is 0 Å². The van der Waals surface area contributed by atoms with E-state index in [0.29, 0.717) is 18.5 Å². The molecule has 0 spiro atoms. The number of carbonyl (C=O) groups is 1. The Hall–Kier alpha value is -2.18. The van der Waals surface area contributed by atoms with Crippen LogP contribution in [0.2, 0.25) is 0 Å². The minimum Gasteiger partial charge on any atom is -0.326 e. The van der Waals surface area contributed by atoms with Crippen LogP contribution in [0.25, 0.3) is 0 Å². The number of amides is 1. The third-order valence-electron chi connectivity index (χ3n) is 4.71. The van der Waals surface area contributed by atoms with Crippen LogP contribution in [-0.2, 0) is 27.7 Å². The highest BCUT2D eigenvalue weighted by molar-refractivity contribution is 7.89. The zero-order valence-corrected chi connectivity index (χ0v) is 13.9. The first kappa shape index (κ1) is 15.4. The van der Waals surface area contributed by atoms with Gasteiger partial charge in [-0.3, -0.25) is 4.79 Å². The number of benzene rings is 2. The molecule has 0 bridgehead atoms. The SMILES string of the molecule is O=C1CCc2cc(S(=O)(=O)NC3CCc4ccccc43)ccc2N1. The van der Waals surface area contributed by atoms with Crippen LogP contribution in [0.5, 0.6) is 0 Å². The highest BCUT2D eigenvalue weighted by atomic mass is 32.2. The number of carbonyl (C=O) groups excluding carboxylic acids is 1. The monoisotopic (exact) mass is 342 g/mol. The van der Waals surface area contributed by atoms with Crippen molar-refractivity contribution in [3.63, 3.8) is 0 Å². The molecule has 0 saturated heterocycles. The highest BCUT2D eigenvalue weighted by Crippen LogP contribution is 2.32. The Bertz CT molecular complexity index is 922. The average molecular weight is 342 g/mol. The summed E-state index contributed by atoms with van der Waals surface area (Å²) in [6.07, 6.45) is 2.62. The van der Waals surface area contributed by atoms with Crippen LogP contribution < -0.4 is 10.0 Å². The number of aryl methyl sites for hydroxylation is 2. The molecule has 1 aliphatic carbocycles. The second-order valence-corrected chi connectivity index (χ2v) is 7.99. The van der Waals surface area contributed by atoms with Crippen molar-refractivity contribution in [2.75, 3.05) is 5.32 Å². The summed E-state index contributed by atoms with van der Waals surface area (Å²) in [6, 6.07) is 12.7. The first-order valence-corrected chi connectivity index (χ1v) is 9.54. The molecule has 24 heavy (non-hydrogen) atoms. The molecular formula is C18H18N2O3S. The minimum atomic E-state index is -3.60. The number of hydrogen-bond acceptors (Lipinski definition) is 3. The van der Waals surface area contributed by atoms with Crippen molar-refractivity contribution in [1.82, 2.24) is 4.72 Å². The molecule has 2 aromatic rings. The molecule has 124 valence electrons. The van der Waals surface area contributed by atoms with Crippen molar-refractivity contribution in [3.8, 4) is 0 Å². The molecule has 1 unspecified atom stereocenters. The van der Waals surface area contributed by atoms with E-state index in [1.54, 1.807) is 18.2 Å². The first-order chi connectivity index (χ1) is 11.5. The zero-order chi connectivity index (χ0) is 16.7. The Morgan fingerprint density at radius 2 is 1.83 bits per heavy atom. The standard InChI is InChI=1S/C18H18N2O3S/c21-18-10-6-13-11-14(7-9-16(13)19-18)24(22,23)20-17-8-5-12-3-1-2-4-15(12)17/h1-4,7,9,11,17,20H,5-6,8,10H2,(H,19,21). The van der Waals surface area contributed by atoms with Crippen molar-refractivity contribution < 1.29 is 13.2 Å². The fourth-order valence-corrected chi connectivity index (χ4v) is 4.76. The van der Waals surface area contributed by atoms with Gasteiger partial charge in [0, 0.05) is 18.2 Å². The van der Waals surface area contributed by atoms with Crippen molar-refractivity contribution in [2.45, 2.75) is 36.6 Å². The maximum atomic E-state index is 12.7. The van der Waals surface area contributed by atoms with Gasteiger partial charge in [0.1, 0.15) is 0 Å². The Morgan fingerprint density at radius 3 is 2.71 bits per heavy atom. The summed E-state index contributed by atoms with van der Waals surface area (Å²) in [6.45, 7) is 0. The van der Waals surface area contributed by atoms with Gasteiger partial charge in [-0.1, -0.05) is 24.3 Å². The van der Waals surface area contributed by atoms with Crippen LogP contribution in [0.1, 0.15) is 35.6 Å². The summed E-state index contributed by atoms with van der Waals surface area (Å²) in [7, 11) is -3.60. The molecule has 1 heterocycles. The van der Waals surface area contributed by atoms with Crippen LogP contribution in [0.15, 0.2) is 47.4 Å². The maximum Gasteiger partial charge on any atom is 0.241 e. The summed E-state index contributed by atoms with van der Waals surface area (Å²) >= 11 is 0. The van der Waals surface area contributed by atoms with E-state index in [0.717, 1.165) is 24.0 Å². The molecule has 0 fully saturated rings. The Morgan fingerprint density at radius 1 is 1.00 bits per heavy atom. The molecule has 1 aliphatic heterocycles. The van der Waals surface area contributed by atoms with E-state index in [2.05, 4.69) is 10.0 Å². The molecule has 5 nitrogen and oxygen atoms in total. The molecule has 1 amide bonds. The van der Waals surface area contributed by atoms with Gasteiger partial charge in [-0.15, -0.1) is 0 Å². The van der Waals surface area contributed by atoms with E-state index in [-0.39, 0.29) is 16.8 Å². The molecule has 2 aliphatic rings. The summed E-state index contributed by atoms with van der Waals surface area (Å²) in [5, 5.41) is 2.77. The molecule has 4 rings (SSSR count). The van der Waals surface area contributed by atoms with E-state index in [1.807, 2.05) is 24.3 Å². The van der Waals surface area contributed by atoms with Crippen LogP contribution in [0, 0.1) is 0 Å². The maximum absolute atomic E-state index is 12.7. The number of nitrogens with one attached hydrogen (secondary N) is 2. The number of anilines is 1. The smallest absolute Gasteiger partial charge is 0.241 e. The summed E-state index contributed by atoms with van der Waals surface area (Å²) < 4.78 is 28.3. The van der Waals surface area contributed by atoms with Gasteiger partial charge < -0.3 is 5.32 Å². The fourth-order valence-electron chi connectivity index (χ4n) is 3.46. The Labute approximate surface area is 141 Å². The molecular weight excluding hydrogens is 324 g/mol. The van der Waals surface area contributed by atoms with E-state index in [4.69, 9.17) is 0 Å². The molecule has 0 radical (unpaired) electrons. The predicted molar refractivity (Wildman–Crippen MR) is 91.2 cm³/mol. The summed E-state index contributed by atoms with van der Waals surface area (Å²) in [5.41, 5.74) is 3.84. The third-order valence-corrected chi connectivity index (χ3v) is 6.18. The molecule has 0 aromatic heterocycles. The summed E-state index contributed by atoms with van der Waals surface area (Å²) in [4.78, 5) is 11.7. The quantitative estimate of drug-likeness (QED) is 0.900. The van der Waals surface area contributed by atoms with Crippen LogP contribution >= 0.6 is 0 Å². The fraction of sp³-hybridized carbons (Fsp3) is 0.278. The zero-order valence-electron chi connectivity index (χ0n) is 13.1. The molecule has 1 atom stereocenters. The van der Waals surface area contributed by atoms with Gasteiger partial charge in [0.25, 0.3) is 0 Å². The topological polar surface area (TPSA) is 75.3 Å². The van der Waals surface area contributed by atoms with E-state index in [1.165, 1.54) is 5.56 Å². The number of fused-ring (bicyclic) bond motifs is 2. The second-order valence-electron chi connectivity index (χ2n) is 6.28. The molecule has 6 heteroatoms.